The number of carbonyl (C=O) groups is 1. The first-order valence-corrected chi connectivity index (χ1v) is 9.88. The second kappa shape index (κ2) is 10.1. The van der Waals surface area contributed by atoms with Gasteiger partial charge >= 0.3 is 0 Å². The van der Waals surface area contributed by atoms with Gasteiger partial charge < -0.3 is 19.7 Å². The lowest BCUT2D eigenvalue weighted by Crippen LogP contribution is -3.12. The normalized spacial score (nSPS) is 13.1. The van der Waals surface area contributed by atoms with Crippen LogP contribution in [0.25, 0.3) is 0 Å². The Kier molecular flexibility index (Phi) is 7.88. The largest absolute Gasteiger partial charge is 0.493 e. The molecule has 152 valence electrons. The molecular formula is C23H33N2O3+. The Morgan fingerprint density at radius 1 is 1.07 bits per heavy atom. The highest BCUT2D eigenvalue weighted by molar-refractivity contribution is 5.93. The Morgan fingerprint density at radius 3 is 2.32 bits per heavy atom. The quantitative estimate of drug-likeness (QED) is 0.697. The van der Waals surface area contributed by atoms with Crippen LogP contribution in [0.4, 0.5) is 5.69 Å². The lowest BCUT2D eigenvalue weighted by Gasteiger charge is -2.22. The molecule has 0 heterocycles. The van der Waals surface area contributed by atoms with E-state index >= 15 is 0 Å². The van der Waals surface area contributed by atoms with E-state index in [1.807, 2.05) is 51.2 Å². The van der Waals surface area contributed by atoms with Gasteiger partial charge in [0, 0.05) is 11.3 Å². The van der Waals surface area contributed by atoms with Gasteiger partial charge in [0.05, 0.1) is 20.8 Å². The van der Waals surface area contributed by atoms with E-state index in [4.69, 9.17) is 9.47 Å². The molecule has 0 saturated carbocycles. The number of rotatable bonds is 9. The molecule has 2 rings (SSSR count). The minimum absolute atomic E-state index is 0.00713. The number of likely N-dealkylation sites (N-methyl/N-ethyl adjacent to an activating group) is 1. The number of carbonyl (C=O) groups excluding carboxylic acids is 1. The van der Waals surface area contributed by atoms with Crippen LogP contribution in [0, 0.1) is 0 Å². The summed E-state index contributed by atoms with van der Waals surface area (Å²) in [6, 6.07) is 13.8. The lowest BCUT2D eigenvalue weighted by atomic mass is 10.0. The second-order valence-corrected chi connectivity index (χ2v) is 7.43. The molecule has 1 amide bonds. The van der Waals surface area contributed by atoms with Gasteiger partial charge in [-0.05, 0) is 55.7 Å². The Morgan fingerprint density at radius 2 is 1.75 bits per heavy atom. The maximum absolute atomic E-state index is 12.6. The number of ether oxygens (including phenoxy) is 2. The molecule has 5 heteroatoms. The molecule has 0 fully saturated rings. The first kappa shape index (κ1) is 21.8. The molecular weight excluding hydrogens is 352 g/mol. The van der Waals surface area contributed by atoms with Gasteiger partial charge in [-0.1, -0.05) is 26.0 Å². The fraction of sp³-hybridized carbons (Fsp3) is 0.435. The third-order valence-electron chi connectivity index (χ3n) is 4.99. The molecule has 0 aromatic heterocycles. The van der Waals surface area contributed by atoms with E-state index in [1.54, 1.807) is 7.11 Å². The molecule has 0 aliphatic rings. The smallest absolute Gasteiger partial charge is 0.282 e. The monoisotopic (exact) mass is 385 g/mol. The van der Waals surface area contributed by atoms with Gasteiger partial charge in [-0.15, -0.1) is 0 Å². The molecule has 5 nitrogen and oxygen atoms in total. The first-order chi connectivity index (χ1) is 13.3. The standard InChI is InChI=1S/C23H32N2O3/c1-7-28-21-13-8-18(14-22(21)27-6)15-25(5)17(4)23(26)24-20-11-9-19(10-12-20)16(2)3/h8-14,16-17H,7,15H2,1-6H3,(H,24,26)/p+1/t17-/m0/s1. The molecule has 2 atom stereocenters. The van der Waals surface area contributed by atoms with E-state index in [1.165, 1.54) is 5.56 Å². The van der Waals surface area contributed by atoms with Crippen molar-refractivity contribution in [2.75, 3.05) is 26.1 Å². The summed E-state index contributed by atoms with van der Waals surface area (Å²) in [6.07, 6.45) is 0. The molecule has 2 aromatic carbocycles. The first-order valence-electron chi connectivity index (χ1n) is 9.88. The summed E-state index contributed by atoms with van der Waals surface area (Å²) < 4.78 is 11.0. The Hall–Kier alpha value is -2.53. The van der Waals surface area contributed by atoms with Gasteiger partial charge in [-0.3, -0.25) is 4.79 Å². The molecule has 0 saturated heterocycles. The summed E-state index contributed by atoms with van der Waals surface area (Å²) in [7, 11) is 3.66. The predicted molar refractivity (Wildman–Crippen MR) is 113 cm³/mol. The van der Waals surface area contributed by atoms with Crippen LogP contribution in [0.15, 0.2) is 42.5 Å². The molecule has 0 aliphatic heterocycles. The molecule has 28 heavy (non-hydrogen) atoms. The molecule has 0 spiro atoms. The second-order valence-electron chi connectivity index (χ2n) is 7.43. The number of hydrogen-bond donors (Lipinski definition) is 2. The number of amides is 1. The van der Waals surface area contributed by atoms with Crippen molar-refractivity contribution in [1.29, 1.82) is 0 Å². The van der Waals surface area contributed by atoms with E-state index in [2.05, 4.69) is 31.3 Å². The number of nitrogens with one attached hydrogen (secondary N) is 2. The number of methoxy groups -OCH3 is 1. The van der Waals surface area contributed by atoms with E-state index in [9.17, 15) is 4.79 Å². The van der Waals surface area contributed by atoms with Gasteiger partial charge in [0.25, 0.3) is 5.91 Å². The summed E-state index contributed by atoms with van der Waals surface area (Å²) in [5.41, 5.74) is 3.19. The average molecular weight is 386 g/mol. The van der Waals surface area contributed by atoms with Crippen molar-refractivity contribution < 1.29 is 19.2 Å². The fourth-order valence-electron chi connectivity index (χ4n) is 3.00. The summed E-state index contributed by atoms with van der Waals surface area (Å²) >= 11 is 0. The number of anilines is 1. The van der Waals surface area contributed by atoms with Crippen LogP contribution < -0.4 is 19.7 Å². The minimum atomic E-state index is -0.192. The zero-order valence-corrected chi connectivity index (χ0v) is 17.8. The topological polar surface area (TPSA) is 52.0 Å². The maximum atomic E-state index is 12.6. The van der Waals surface area contributed by atoms with Crippen molar-refractivity contribution in [3.63, 3.8) is 0 Å². The molecule has 2 aromatic rings. The van der Waals surface area contributed by atoms with Crippen LogP contribution in [-0.4, -0.2) is 32.7 Å². The van der Waals surface area contributed by atoms with Crippen LogP contribution >= 0.6 is 0 Å². The Labute approximate surface area is 168 Å². The average Bonchev–Trinajstić information content (AvgIpc) is 2.68. The minimum Gasteiger partial charge on any atom is -0.493 e. The number of hydrogen-bond acceptors (Lipinski definition) is 3. The van der Waals surface area contributed by atoms with Crippen molar-refractivity contribution >= 4 is 11.6 Å². The SMILES string of the molecule is CCOc1ccc(C[NH+](C)[C@@H](C)C(=O)Nc2ccc(C(C)C)cc2)cc1OC. The van der Waals surface area contributed by atoms with Gasteiger partial charge in [-0.25, -0.2) is 0 Å². The van der Waals surface area contributed by atoms with E-state index in [-0.39, 0.29) is 11.9 Å². The summed E-state index contributed by atoms with van der Waals surface area (Å²) in [5, 5.41) is 3.02. The molecule has 0 aliphatic carbocycles. The molecule has 0 bridgehead atoms. The highest BCUT2D eigenvalue weighted by Gasteiger charge is 2.22. The highest BCUT2D eigenvalue weighted by Crippen LogP contribution is 2.27. The van der Waals surface area contributed by atoms with E-state index in [0.717, 1.165) is 27.6 Å². The zero-order chi connectivity index (χ0) is 20.7. The number of quaternary nitrogens is 1. The molecule has 0 radical (unpaired) electrons. The van der Waals surface area contributed by atoms with Crippen LogP contribution in [0.3, 0.4) is 0 Å². The van der Waals surface area contributed by atoms with Crippen molar-refractivity contribution in [3.05, 3.63) is 53.6 Å². The predicted octanol–water partition coefficient (Wildman–Crippen LogP) is 3.26. The van der Waals surface area contributed by atoms with Gasteiger partial charge in [0.2, 0.25) is 0 Å². The molecule has 2 N–H and O–H groups in total. The Bertz CT molecular complexity index is 772. The van der Waals surface area contributed by atoms with Crippen LogP contribution in [-0.2, 0) is 11.3 Å². The van der Waals surface area contributed by atoms with Crippen LogP contribution in [0.2, 0.25) is 0 Å². The van der Waals surface area contributed by atoms with Gasteiger partial charge in [0.1, 0.15) is 6.54 Å². The van der Waals surface area contributed by atoms with Crippen LogP contribution in [0.5, 0.6) is 11.5 Å². The van der Waals surface area contributed by atoms with Crippen molar-refractivity contribution in [2.45, 2.75) is 46.2 Å². The fourth-order valence-corrected chi connectivity index (χ4v) is 3.00. The zero-order valence-electron chi connectivity index (χ0n) is 17.8. The van der Waals surface area contributed by atoms with Crippen molar-refractivity contribution in [2.24, 2.45) is 0 Å². The third-order valence-corrected chi connectivity index (χ3v) is 4.99. The van der Waals surface area contributed by atoms with Crippen LogP contribution in [0.1, 0.15) is 44.7 Å². The summed E-state index contributed by atoms with van der Waals surface area (Å²) in [6.45, 7) is 9.51. The highest BCUT2D eigenvalue weighted by atomic mass is 16.5. The van der Waals surface area contributed by atoms with E-state index in [0.29, 0.717) is 19.1 Å². The van der Waals surface area contributed by atoms with E-state index < -0.39 is 0 Å². The Balaban J connectivity index is 1.99. The van der Waals surface area contributed by atoms with Crippen molar-refractivity contribution in [3.8, 4) is 11.5 Å². The third kappa shape index (κ3) is 5.73. The summed E-state index contributed by atoms with van der Waals surface area (Å²) in [5.74, 6) is 1.94. The lowest BCUT2D eigenvalue weighted by molar-refractivity contribution is -0.907. The number of benzene rings is 2. The van der Waals surface area contributed by atoms with Crippen molar-refractivity contribution in [1.82, 2.24) is 0 Å². The molecule has 1 unspecified atom stereocenters. The van der Waals surface area contributed by atoms with Gasteiger partial charge in [0.15, 0.2) is 17.5 Å². The summed E-state index contributed by atoms with van der Waals surface area (Å²) in [4.78, 5) is 13.7. The van der Waals surface area contributed by atoms with Gasteiger partial charge in [-0.2, -0.15) is 0 Å². The maximum Gasteiger partial charge on any atom is 0.282 e.